The Morgan fingerprint density at radius 1 is 1.19 bits per heavy atom. The van der Waals surface area contributed by atoms with Crippen molar-refractivity contribution in [2.24, 2.45) is 0 Å². The van der Waals surface area contributed by atoms with Crippen LogP contribution in [0.1, 0.15) is 70.0 Å². The first-order valence-electron chi connectivity index (χ1n) is 10.2. The Bertz CT molecular complexity index is 650. The van der Waals surface area contributed by atoms with E-state index >= 15 is 0 Å². The van der Waals surface area contributed by atoms with Gasteiger partial charge < -0.3 is 9.47 Å². The first-order chi connectivity index (χ1) is 12.6. The molecule has 1 atom stereocenters. The number of ether oxygens (including phenoxy) is 2. The molecule has 0 radical (unpaired) electrons. The van der Waals surface area contributed by atoms with Gasteiger partial charge in [0.1, 0.15) is 11.4 Å². The van der Waals surface area contributed by atoms with Crippen LogP contribution in [0, 0.1) is 11.8 Å². The lowest BCUT2D eigenvalue weighted by Crippen LogP contribution is -2.38. The van der Waals surface area contributed by atoms with Gasteiger partial charge in [-0.1, -0.05) is 31.8 Å². The molecular weight excluding hydrogens is 322 g/mol. The number of benzene rings is 1. The third-order valence-electron chi connectivity index (χ3n) is 5.34. The number of nitrogens with zero attached hydrogens (tertiary/aromatic N) is 1. The van der Waals surface area contributed by atoms with Crippen molar-refractivity contribution in [2.75, 3.05) is 26.3 Å². The molecule has 0 saturated carbocycles. The molecule has 0 bridgehead atoms. The van der Waals surface area contributed by atoms with E-state index in [9.17, 15) is 0 Å². The maximum absolute atomic E-state index is 6.16. The Kier molecular flexibility index (Phi) is 6.62. The fourth-order valence-corrected chi connectivity index (χ4v) is 3.70. The number of fused-ring (bicyclic) bond motifs is 1. The number of unbranched alkanes of at least 4 members (excludes halogenated alkanes) is 3. The summed E-state index contributed by atoms with van der Waals surface area (Å²) in [7, 11) is 0. The summed E-state index contributed by atoms with van der Waals surface area (Å²) in [4.78, 5) is 2.46. The van der Waals surface area contributed by atoms with Gasteiger partial charge in [-0.15, -0.1) is 5.92 Å². The third kappa shape index (κ3) is 5.02. The van der Waals surface area contributed by atoms with E-state index in [4.69, 9.17) is 9.47 Å². The summed E-state index contributed by atoms with van der Waals surface area (Å²) < 4.78 is 11.7. The molecule has 2 aliphatic rings. The van der Waals surface area contributed by atoms with Gasteiger partial charge in [-0.25, -0.2) is 0 Å². The molecule has 142 valence electrons. The second kappa shape index (κ2) is 8.93. The SMILES string of the molecule is CCCCCC#CC(c1ccc2c(c1)CCC(C)(C)O2)N1CCOCC1. The number of hydrogen-bond acceptors (Lipinski definition) is 3. The zero-order valence-electron chi connectivity index (χ0n) is 16.6. The van der Waals surface area contributed by atoms with Gasteiger partial charge in [0.2, 0.25) is 0 Å². The maximum Gasteiger partial charge on any atom is 0.123 e. The van der Waals surface area contributed by atoms with Gasteiger partial charge in [0.05, 0.1) is 19.3 Å². The average molecular weight is 356 g/mol. The largest absolute Gasteiger partial charge is 0.488 e. The number of aryl methyl sites for hydroxylation is 1. The van der Waals surface area contributed by atoms with Gasteiger partial charge in [0.25, 0.3) is 0 Å². The second-order valence-corrected chi connectivity index (χ2v) is 8.06. The summed E-state index contributed by atoms with van der Waals surface area (Å²) in [6.07, 6.45) is 6.85. The van der Waals surface area contributed by atoms with Crippen molar-refractivity contribution >= 4 is 0 Å². The third-order valence-corrected chi connectivity index (χ3v) is 5.34. The maximum atomic E-state index is 6.16. The Balaban J connectivity index is 1.79. The quantitative estimate of drug-likeness (QED) is 0.562. The zero-order valence-corrected chi connectivity index (χ0v) is 16.6. The minimum atomic E-state index is -0.0583. The summed E-state index contributed by atoms with van der Waals surface area (Å²) in [5, 5.41) is 0. The predicted molar refractivity (Wildman–Crippen MR) is 107 cm³/mol. The minimum Gasteiger partial charge on any atom is -0.488 e. The zero-order chi connectivity index (χ0) is 18.4. The van der Waals surface area contributed by atoms with E-state index in [2.05, 4.69) is 55.7 Å². The van der Waals surface area contributed by atoms with E-state index in [1.807, 2.05) is 0 Å². The average Bonchev–Trinajstić information content (AvgIpc) is 2.64. The van der Waals surface area contributed by atoms with Crippen LogP contribution in [0.2, 0.25) is 0 Å². The highest BCUT2D eigenvalue weighted by molar-refractivity contribution is 5.42. The van der Waals surface area contributed by atoms with Crippen molar-refractivity contribution < 1.29 is 9.47 Å². The molecule has 3 rings (SSSR count). The van der Waals surface area contributed by atoms with Gasteiger partial charge in [0, 0.05) is 19.5 Å². The molecule has 2 heterocycles. The molecule has 3 heteroatoms. The normalized spacial score (nSPS) is 20.4. The fourth-order valence-electron chi connectivity index (χ4n) is 3.70. The highest BCUT2D eigenvalue weighted by atomic mass is 16.5. The monoisotopic (exact) mass is 355 g/mol. The Morgan fingerprint density at radius 3 is 2.77 bits per heavy atom. The molecule has 0 spiro atoms. The Morgan fingerprint density at radius 2 is 2.00 bits per heavy atom. The predicted octanol–water partition coefficient (Wildman–Crippen LogP) is 4.75. The highest BCUT2D eigenvalue weighted by Crippen LogP contribution is 2.35. The van der Waals surface area contributed by atoms with Crippen LogP contribution in [0.15, 0.2) is 18.2 Å². The van der Waals surface area contributed by atoms with Crippen LogP contribution in [0.3, 0.4) is 0 Å². The van der Waals surface area contributed by atoms with Gasteiger partial charge in [0.15, 0.2) is 0 Å². The summed E-state index contributed by atoms with van der Waals surface area (Å²) in [6.45, 7) is 10.1. The molecule has 0 N–H and O–H groups in total. The van der Waals surface area contributed by atoms with Crippen LogP contribution in [0.5, 0.6) is 5.75 Å². The lowest BCUT2D eigenvalue weighted by atomic mass is 9.92. The lowest BCUT2D eigenvalue weighted by molar-refractivity contribution is 0.0268. The van der Waals surface area contributed by atoms with Gasteiger partial charge >= 0.3 is 0 Å². The fraction of sp³-hybridized carbons (Fsp3) is 0.652. The molecular formula is C23H33NO2. The summed E-state index contributed by atoms with van der Waals surface area (Å²) in [5.41, 5.74) is 2.57. The van der Waals surface area contributed by atoms with Gasteiger partial charge in [-0.2, -0.15) is 0 Å². The van der Waals surface area contributed by atoms with E-state index in [-0.39, 0.29) is 11.6 Å². The number of rotatable bonds is 5. The van der Waals surface area contributed by atoms with Crippen molar-refractivity contribution in [3.63, 3.8) is 0 Å². The molecule has 2 aliphatic heterocycles. The van der Waals surface area contributed by atoms with Crippen molar-refractivity contribution in [1.29, 1.82) is 0 Å². The van der Waals surface area contributed by atoms with E-state index in [0.717, 1.165) is 51.3 Å². The molecule has 3 nitrogen and oxygen atoms in total. The van der Waals surface area contributed by atoms with E-state index in [0.29, 0.717) is 0 Å². The van der Waals surface area contributed by atoms with Crippen LogP contribution in [-0.2, 0) is 11.2 Å². The van der Waals surface area contributed by atoms with Gasteiger partial charge in [-0.05, 0) is 56.4 Å². The molecule has 1 unspecified atom stereocenters. The molecule has 1 aromatic carbocycles. The van der Waals surface area contributed by atoms with Crippen molar-refractivity contribution in [3.05, 3.63) is 29.3 Å². The van der Waals surface area contributed by atoms with Crippen molar-refractivity contribution in [1.82, 2.24) is 4.90 Å². The van der Waals surface area contributed by atoms with E-state index < -0.39 is 0 Å². The standard InChI is InChI=1S/C23H33NO2/c1-4-5-6-7-8-9-21(24-14-16-25-17-15-24)19-10-11-22-20(18-19)12-13-23(2,3)26-22/h10-11,18,21H,4-7,12-17H2,1-3H3. The smallest absolute Gasteiger partial charge is 0.123 e. The second-order valence-electron chi connectivity index (χ2n) is 8.06. The van der Waals surface area contributed by atoms with Crippen molar-refractivity contribution in [3.8, 4) is 17.6 Å². The minimum absolute atomic E-state index is 0.0583. The summed E-state index contributed by atoms with van der Waals surface area (Å²) >= 11 is 0. The Hall–Kier alpha value is -1.50. The topological polar surface area (TPSA) is 21.7 Å². The van der Waals surface area contributed by atoms with E-state index in [1.54, 1.807) is 0 Å². The van der Waals surface area contributed by atoms with Crippen LogP contribution in [0.25, 0.3) is 0 Å². The molecule has 0 aromatic heterocycles. The summed E-state index contributed by atoms with van der Waals surface area (Å²) in [6, 6.07) is 6.85. The first-order valence-corrected chi connectivity index (χ1v) is 10.2. The molecule has 1 saturated heterocycles. The highest BCUT2D eigenvalue weighted by Gasteiger charge is 2.28. The van der Waals surface area contributed by atoms with Crippen LogP contribution >= 0.6 is 0 Å². The molecule has 1 aromatic rings. The molecule has 0 amide bonds. The number of hydrogen-bond donors (Lipinski definition) is 0. The van der Waals surface area contributed by atoms with Crippen LogP contribution < -0.4 is 4.74 Å². The lowest BCUT2D eigenvalue weighted by Gasteiger charge is -2.35. The summed E-state index contributed by atoms with van der Waals surface area (Å²) in [5.74, 6) is 8.06. The molecule has 1 fully saturated rings. The number of morpholine rings is 1. The van der Waals surface area contributed by atoms with E-state index in [1.165, 1.54) is 30.4 Å². The van der Waals surface area contributed by atoms with Crippen LogP contribution in [0.4, 0.5) is 0 Å². The first kappa shape index (κ1) is 19.3. The van der Waals surface area contributed by atoms with Gasteiger partial charge in [-0.3, -0.25) is 4.90 Å². The van der Waals surface area contributed by atoms with Crippen molar-refractivity contribution in [2.45, 2.75) is 70.9 Å². The molecule has 0 aliphatic carbocycles. The van der Waals surface area contributed by atoms with Crippen LogP contribution in [-0.4, -0.2) is 36.8 Å². The Labute approximate surface area is 159 Å². The molecule has 26 heavy (non-hydrogen) atoms.